The Kier molecular flexibility index (Phi) is 67.3. The van der Waals surface area contributed by atoms with Gasteiger partial charge in [0, 0.05) is 19.3 Å². The summed E-state index contributed by atoms with van der Waals surface area (Å²) in [5.74, 6) is -1.58. The van der Waals surface area contributed by atoms with Crippen LogP contribution in [0.2, 0.25) is 0 Å². The summed E-state index contributed by atoms with van der Waals surface area (Å²) in [7, 11) is -9.78. The van der Waals surface area contributed by atoms with E-state index < -0.39 is 91.5 Å². The van der Waals surface area contributed by atoms with Crippen LogP contribution in [0.4, 0.5) is 0 Å². The smallest absolute Gasteiger partial charge is 0.463 e. The summed E-state index contributed by atoms with van der Waals surface area (Å²) in [6.45, 7) is 2.44. The molecule has 0 aromatic carbocycles. The summed E-state index contributed by atoms with van der Waals surface area (Å²) < 4.78 is 60.9. The third-order valence-electron chi connectivity index (χ3n) is 15.5. The van der Waals surface area contributed by atoms with Crippen molar-refractivity contribution in [3.8, 4) is 0 Å². The maximum atomic E-state index is 12.9. The molecule has 16 nitrogen and oxygen atoms in total. The zero-order valence-electron chi connectivity index (χ0n) is 59.6. The molecule has 0 saturated carbocycles. The summed E-state index contributed by atoms with van der Waals surface area (Å²) in [6, 6.07) is 0. The number of hydrogen-bond donors (Lipinski definition) is 4. The predicted octanol–water partition coefficient (Wildman–Crippen LogP) is 21.2. The summed E-state index contributed by atoms with van der Waals surface area (Å²) in [6.07, 6.45) is 80.1. The highest BCUT2D eigenvalue weighted by molar-refractivity contribution is 7.47. The number of phosphoric acid groups is 2. The van der Waals surface area contributed by atoms with E-state index in [2.05, 4.69) is 130 Å². The highest BCUT2D eigenvalue weighted by Gasteiger charge is 2.29. The maximum absolute atomic E-state index is 12.9. The van der Waals surface area contributed by atoms with Gasteiger partial charge in [0.15, 0.2) is 6.10 Å². The summed E-state index contributed by atoms with van der Waals surface area (Å²) in [5.41, 5.74) is 0. The van der Waals surface area contributed by atoms with Crippen molar-refractivity contribution in [2.24, 2.45) is 0 Å². The van der Waals surface area contributed by atoms with E-state index >= 15 is 0 Å². The fourth-order valence-corrected chi connectivity index (χ4v) is 11.5. The number of carbonyl (C=O) groups excluding carboxylic acids is 3. The molecule has 0 aliphatic rings. The van der Waals surface area contributed by atoms with Gasteiger partial charge in [0.2, 0.25) is 0 Å². The number of aliphatic hydroxyl groups is 2. The molecular weight excluding hydrogens is 1240 g/mol. The number of allylic oxidation sites excluding steroid dienone is 18. The van der Waals surface area contributed by atoms with Gasteiger partial charge < -0.3 is 34.2 Å². The monoisotopic (exact) mass is 1380 g/mol. The van der Waals surface area contributed by atoms with Gasteiger partial charge in [0.25, 0.3) is 0 Å². The number of esters is 3. The number of carbonyl (C=O) groups is 3. The lowest BCUT2D eigenvalue weighted by Crippen LogP contribution is -2.30. The van der Waals surface area contributed by atoms with Crippen LogP contribution in [0.25, 0.3) is 0 Å². The minimum atomic E-state index is -4.92. The SMILES string of the molecule is CC/C=C\C/C=C\C/C=C\C/C=C\C/C=C\CCCCCCCCCCCCCCCC(=O)OCC(O)COP(=O)(O)OCC(O)COP(=O)(O)OCC(COC(=O)CCCCCCCC/C=C\C/C=C\C/C=C\C/C=C\CC)OC(=O)CCCCCCCCCCCCC. The molecule has 0 fully saturated rings. The third-order valence-corrected chi connectivity index (χ3v) is 17.4. The summed E-state index contributed by atoms with van der Waals surface area (Å²) in [5, 5.41) is 20.6. The Morgan fingerprint density at radius 2 is 0.558 bits per heavy atom. The van der Waals surface area contributed by atoms with Crippen molar-refractivity contribution in [3.05, 3.63) is 109 Å². The highest BCUT2D eigenvalue weighted by atomic mass is 31.2. The standard InChI is InChI=1S/C77H134O16P2/c1-4-7-10-13-16-19-22-24-26-28-30-31-32-33-34-35-36-37-38-39-41-43-44-46-49-51-54-57-60-63-75(80)87-66-72(78)67-89-94(83,84)90-68-73(79)69-91-95(85,86)92-71-74(93-77(82)65-62-59-56-53-48-21-18-15-12-9-6-3)70-88-76(81)64-61-58-55-52-50-47-45-42-40-29-27-25-23-20-17-14-11-8-5-2/h7-8,10-11,16-17,19-20,24-27,30-31,33-34,40,42,72-74,78-79H,4-6,9,12-15,18,21-23,28-29,32,35-39,41,43-71H2,1-3H3,(H,83,84)(H,85,86)/b10-7-,11-8-,19-16-,20-17-,26-24-,27-25-,31-30-,34-33-,42-40-. The average molecular weight is 1380 g/mol. The van der Waals surface area contributed by atoms with Crippen LogP contribution in [-0.2, 0) is 55.8 Å². The van der Waals surface area contributed by atoms with E-state index in [0.717, 1.165) is 148 Å². The molecule has 0 bridgehead atoms. The normalized spacial score (nSPS) is 14.7. The van der Waals surface area contributed by atoms with Gasteiger partial charge in [-0.1, -0.05) is 291 Å². The second kappa shape index (κ2) is 70.1. The fourth-order valence-electron chi connectivity index (χ4n) is 9.88. The van der Waals surface area contributed by atoms with Gasteiger partial charge in [-0.2, -0.15) is 0 Å². The van der Waals surface area contributed by atoms with Crippen molar-refractivity contribution in [1.82, 2.24) is 0 Å². The van der Waals surface area contributed by atoms with Crippen LogP contribution in [0.1, 0.15) is 303 Å². The number of hydrogen-bond acceptors (Lipinski definition) is 14. The summed E-state index contributed by atoms with van der Waals surface area (Å²) >= 11 is 0. The minimum absolute atomic E-state index is 0.103. The molecule has 5 atom stereocenters. The molecule has 0 rings (SSSR count). The number of ether oxygens (including phenoxy) is 3. The molecule has 5 unspecified atom stereocenters. The van der Waals surface area contributed by atoms with Crippen molar-refractivity contribution in [2.45, 2.75) is 322 Å². The molecule has 0 heterocycles. The molecule has 0 aromatic rings. The molecule has 0 aliphatic carbocycles. The number of phosphoric ester groups is 2. The topological polar surface area (TPSA) is 231 Å². The molecule has 548 valence electrons. The van der Waals surface area contributed by atoms with Gasteiger partial charge >= 0.3 is 33.6 Å². The van der Waals surface area contributed by atoms with E-state index in [9.17, 15) is 43.5 Å². The van der Waals surface area contributed by atoms with Crippen molar-refractivity contribution in [2.75, 3.05) is 39.6 Å². The van der Waals surface area contributed by atoms with Gasteiger partial charge in [0.1, 0.15) is 25.4 Å². The second-order valence-corrected chi connectivity index (χ2v) is 27.6. The molecule has 18 heteroatoms. The van der Waals surface area contributed by atoms with Gasteiger partial charge in [-0.05, 0) is 103 Å². The van der Waals surface area contributed by atoms with Crippen LogP contribution in [0.15, 0.2) is 109 Å². The zero-order valence-corrected chi connectivity index (χ0v) is 61.4. The Morgan fingerprint density at radius 1 is 0.305 bits per heavy atom. The van der Waals surface area contributed by atoms with Crippen molar-refractivity contribution >= 4 is 33.6 Å². The lowest BCUT2D eigenvalue weighted by atomic mass is 10.0. The molecule has 95 heavy (non-hydrogen) atoms. The zero-order chi connectivity index (χ0) is 69.5. The van der Waals surface area contributed by atoms with E-state index in [1.54, 1.807) is 0 Å². The highest BCUT2D eigenvalue weighted by Crippen LogP contribution is 2.45. The third kappa shape index (κ3) is 71.3. The molecule has 0 radical (unpaired) electrons. The van der Waals surface area contributed by atoms with Crippen LogP contribution in [0, 0.1) is 0 Å². The first kappa shape index (κ1) is 91.2. The molecule has 0 saturated heterocycles. The average Bonchev–Trinajstić information content (AvgIpc) is 2.67. The molecule has 4 N–H and O–H groups in total. The first-order chi connectivity index (χ1) is 46.2. The first-order valence-corrected chi connectivity index (χ1v) is 40.2. The lowest BCUT2D eigenvalue weighted by Gasteiger charge is -2.21. The van der Waals surface area contributed by atoms with Gasteiger partial charge in [-0.25, -0.2) is 9.13 Å². The largest absolute Gasteiger partial charge is 0.472 e. The molecule has 0 amide bonds. The van der Waals surface area contributed by atoms with Crippen molar-refractivity contribution < 1.29 is 75.8 Å². The Balaban J connectivity index is 4.44. The second-order valence-electron chi connectivity index (χ2n) is 24.7. The van der Waals surface area contributed by atoms with E-state index in [-0.39, 0.29) is 19.3 Å². The van der Waals surface area contributed by atoms with E-state index in [4.69, 9.17) is 32.3 Å². The first-order valence-electron chi connectivity index (χ1n) is 37.2. The molecule has 0 aromatic heterocycles. The number of unbranched alkanes of at least 4 members (excludes halogenated alkanes) is 29. The van der Waals surface area contributed by atoms with E-state index in [1.165, 1.54) is 96.3 Å². The molecule has 0 aliphatic heterocycles. The Labute approximate surface area is 577 Å². The van der Waals surface area contributed by atoms with Crippen LogP contribution < -0.4 is 0 Å². The van der Waals surface area contributed by atoms with Gasteiger partial charge in [-0.15, -0.1) is 0 Å². The van der Waals surface area contributed by atoms with E-state index in [0.29, 0.717) is 19.3 Å². The van der Waals surface area contributed by atoms with Crippen LogP contribution in [0.5, 0.6) is 0 Å². The quantitative estimate of drug-likeness (QED) is 0.0146. The minimum Gasteiger partial charge on any atom is -0.463 e. The predicted molar refractivity (Wildman–Crippen MR) is 390 cm³/mol. The molecule has 0 spiro atoms. The number of aliphatic hydroxyl groups excluding tert-OH is 2. The van der Waals surface area contributed by atoms with Gasteiger partial charge in [-0.3, -0.25) is 32.5 Å². The van der Waals surface area contributed by atoms with Crippen molar-refractivity contribution in [1.29, 1.82) is 0 Å². The Hall–Kier alpha value is -3.79. The van der Waals surface area contributed by atoms with E-state index in [1.807, 2.05) is 0 Å². The molecular formula is C77H134O16P2. The fraction of sp³-hybridized carbons (Fsp3) is 0.727. The van der Waals surface area contributed by atoms with Crippen LogP contribution in [-0.4, -0.2) is 95.9 Å². The lowest BCUT2D eigenvalue weighted by molar-refractivity contribution is -0.161. The maximum Gasteiger partial charge on any atom is 0.472 e. The van der Waals surface area contributed by atoms with Crippen LogP contribution >= 0.6 is 15.6 Å². The van der Waals surface area contributed by atoms with Crippen molar-refractivity contribution in [3.63, 3.8) is 0 Å². The van der Waals surface area contributed by atoms with Gasteiger partial charge in [0.05, 0.1) is 26.4 Å². The Bertz CT molecular complexity index is 2170. The Morgan fingerprint density at radius 3 is 0.884 bits per heavy atom. The van der Waals surface area contributed by atoms with Crippen LogP contribution in [0.3, 0.4) is 0 Å². The summed E-state index contributed by atoms with van der Waals surface area (Å²) in [4.78, 5) is 58.4. The number of rotatable bonds is 70.